The maximum Gasteiger partial charge on any atom is 0.188 e. The Hall–Kier alpha value is -1.25. The average molecular weight is 376 g/mol. The number of unbranched alkanes of at least 4 members (excludes halogenated alkanes) is 7. The number of pyridine rings is 1. The van der Waals surface area contributed by atoms with E-state index in [1.54, 1.807) is 6.92 Å². The van der Waals surface area contributed by atoms with E-state index in [0.29, 0.717) is 17.0 Å². The van der Waals surface area contributed by atoms with Crippen molar-refractivity contribution in [2.24, 2.45) is 5.92 Å². The lowest BCUT2D eigenvalue weighted by Gasteiger charge is -2.21. The van der Waals surface area contributed by atoms with Gasteiger partial charge < -0.3 is 5.21 Å². The molecule has 0 unspecified atom stereocenters. The Labute approximate surface area is 166 Å². The summed E-state index contributed by atoms with van der Waals surface area (Å²) in [5, 5.41) is 10.1. The normalized spacial score (nSPS) is 15.4. The molecule has 1 saturated carbocycles. The molecule has 0 saturated heterocycles. The number of nitrogens with zero attached hydrogens (tertiary/aromatic N) is 1. The van der Waals surface area contributed by atoms with Gasteiger partial charge in [0, 0.05) is 11.1 Å². The van der Waals surface area contributed by atoms with Crippen molar-refractivity contribution < 1.29 is 5.21 Å². The van der Waals surface area contributed by atoms with Gasteiger partial charge in [0.25, 0.3) is 0 Å². The number of rotatable bonds is 11. The second-order valence-corrected chi connectivity index (χ2v) is 8.79. The molecule has 3 nitrogen and oxygen atoms in total. The Morgan fingerprint density at radius 2 is 1.37 bits per heavy atom. The monoisotopic (exact) mass is 375 g/mol. The highest BCUT2D eigenvalue weighted by molar-refractivity contribution is 5.29. The van der Waals surface area contributed by atoms with Crippen molar-refractivity contribution in [3.05, 3.63) is 32.7 Å². The van der Waals surface area contributed by atoms with Gasteiger partial charge in [-0.2, -0.15) is 4.73 Å². The lowest BCUT2D eigenvalue weighted by molar-refractivity contribution is 0.169. The van der Waals surface area contributed by atoms with Crippen molar-refractivity contribution in [3.8, 4) is 0 Å². The number of hydrogen-bond donors (Lipinski definition) is 1. The van der Waals surface area contributed by atoms with E-state index < -0.39 is 0 Å². The summed E-state index contributed by atoms with van der Waals surface area (Å²) in [6, 6.07) is 0. The molecule has 0 spiro atoms. The van der Waals surface area contributed by atoms with E-state index >= 15 is 0 Å². The van der Waals surface area contributed by atoms with Crippen molar-refractivity contribution in [1.82, 2.24) is 4.73 Å². The third-order valence-electron chi connectivity index (χ3n) is 6.74. The standard InChI is InChI=1S/C24H41NO2/c1-19-20(2)25(27)21(3)23(24(19)26)18-14-9-7-5-4-6-8-11-15-22-16-12-10-13-17-22/h22,27H,4-18H2,1-3H3. The summed E-state index contributed by atoms with van der Waals surface area (Å²) >= 11 is 0. The van der Waals surface area contributed by atoms with Gasteiger partial charge in [0.1, 0.15) is 0 Å². The molecule has 0 bridgehead atoms. The van der Waals surface area contributed by atoms with Crippen LogP contribution in [0.15, 0.2) is 4.79 Å². The maximum atomic E-state index is 12.4. The van der Waals surface area contributed by atoms with E-state index in [4.69, 9.17) is 0 Å². The van der Waals surface area contributed by atoms with Crippen LogP contribution in [0.4, 0.5) is 0 Å². The van der Waals surface area contributed by atoms with Gasteiger partial charge in [-0.15, -0.1) is 0 Å². The molecule has 0 aliphatic heterocycles. The molecule has 1 N–H and O–H groups in total. The largest absolute Gasteiger partial charge is 0.428 e. The summed E-state index contributed by atoms with van der Waals surface area (Å²) < 4.78 is 1.18. The second kappa shape index (κ2) is 11.6. The first-order valence-corrected chi connectivity index (χ1v) is 11.4. The van der Waals surface area contributed by atoms with Crippen LogP contribution in [0, 0.1) is 26.7 Å². The molecular formula is C24H41NO2. The Balaban J connectivity index is 1.53. The fourth-order valence-corrected chi connectivity index (χ4v) is 4.66. The predicted octanol–water partition coefficient (Wildman–Crippen LogP) is 6.64. The zero-order valence-corrected chi connectivity index (χ0v) is 18.0. The molecule has 0 radical (unpaired) electrons. The minimum absolute atomic E-state index is 0.119. The van der Waals surface area contributed by atoms with Gasteiger partial charge in [0.15, 0.2) is 5.43 Å². The molecule has 1 heterocycles. The average Bonchev–Trinajstić information content (AvgIpc) is 2.69. The summed E-state index contributed by atoms with van der Waals surface area (Å²) in [4.78, 5) is 12.4. The summed E-state index contributed by atoms with van der Waals surface area (Å²) in [5.74, 6) is 1.04. The van der Waals surface area contributed by atoms with Gasteiger partial charge in [-0.1, -0.05) is 83.5 Å². The van der Waals surface area contributed by atoms with Crippen molar-refractivity contribution in [2.45, 2.75) is 117 Å². The van der Waals surface area contributed by atoms with Gasteiger partial charge >= 0.3 is 0 Å². The Morgan fingerprint density at radius 1 is 0.815 bits per heavy atom. The SMILES string of the molecule is Cc1c(C)n(O)c(C)c(CCCCCCCCCCC2CCCCC2)c1=O. The van der Waals surface area contributed by atoms with Crippen LogP contribution in [0.1, 0.15) is 112 Å². The van der Waals surface area contributed by atoms with Gasteiger partial charge in [-0.3, -0.25) is 4.79 Å². The van der Waals surface area contributed by atoms with Crippen LogP contribution in [-0.4, -0.2) is 9.94 Å². The Kier molecular flexibility index (Phi) is 9.44. The first-order valence-electron chi connectivity index (χ1n) is 11.4. The molecule has 27 heavy (non-hydrogen) atoms. The van der Waals surface area contributed by atoms with E-state index in [2.05, 4.69) is 0 Å². The quantitative estimate of drug-likeness (QED) is 0.348. The van der Waals surface area contributed by atoms with Crippen LogP contribution in [0.2, 0.25) is 0 Å². The van der Waals surface area contributed by atoms with E-state index in [0.717, 1.165) is 24.3 Å². The zero-order valence-electron chi connectivity index (χ0n) is 18.0. The lowest BCUT2D eigenvalue weighted by atomic mass is 9.85. The van der Waals surface area contributed by atoms with Crippen LogP contribution in [0.25, 0.3) is 0 Å². The minimum Gasteiger partial charge on any atom is -0.428 e. The molecule has 1 aliphatic rings. The lowest BCUT2D eigenvalue weighted by Crippen LogP contribution is -2.22. The van der Waals surface area contributed by atoms with Gasteiger partial charge in [0.05, 0.1) is 11.4 Å². The fraction of sp³-hybridized carbons (Fsp3) is 0.792. The number of hydrogen-bond acceptors (Lipinski definition) is 2. The highest BCUT2D eigenvalue weighted by atomic mass is 16.5. The third kappa shape index (κ3) is 6.69. The van der Waals surface area contributed by atoms with Gasteiger partial charge in [-0.05, 0) is 39.5 Å². The molecular weight excluding hydrogens is 334 g/mol. The molecule has 1 fully saturated rings. The van der Waals surface area contributed by atoms with Crippen LogP contribution in [0.3, 0.4) is 0 Å². The van der Waals surface area contributed by atoms with Crippen molar-refractivity contribution >= 4 is 0 Å². The Morgan fingerprint density at radius 3 is 2.00 bits per heavy atom. The van der Waals surface area contributed by atoms with E-state index in [1.807, 2.05) is 13.8 Å². The zero-order chi connectivity index (χ0) is 19.6. The highest BCUT2D eigenvalue weighted by Gasteiger charge is 2.14. The molecule has 0 aromatic carbocycles. The van der Waals surface area contributed by atoms with Crippen LogP contribution >= 0.6 is 0 Å². The van der Waals surface area contributed by atoms with Crippen LogP contribution in [0.5, 0.6) is 0 Å². The van der Waals surface area contributed by atoms with E-state index in [1.165, 1.54) is 88.2 Å². The summed E-state index contributed by atoms with van der Waals surface area (Å²) in [5.41, 5.74) is 2.95. The van der Waals surface area contributed by atoms with Crippen LogP contribution in [-0.2, 0) is 6.42 Å². The van der Waals surface area contributed by atoms with Gasteiger partial charge in [-0.25, -0.2) is 0 Å². The van der Waals surface area contributed by atoms with Crippen molar-refractivity contribution in [2.75, 3.05) is 0 Å². The van der Waals surface area contributed by atoms with Crippen molar-refractivity contribution in [3.63, 3.8) is 0 Å². The van der Waals surface area contributed by atoms with E-state index in [9.17, 15) is 10.0 Å². The summed E-state index contributed by atoms with van der Waals surface area (Å²) in [6.07, 6.45) is 20.0. The van der Waals surface area contributed by atoms with E-state index in [-0.39, 0.29) is 5.43 Å². The third-order valence-corrected chi connectivity index (χ3v) is 6.74. The van der Waals surface area contributed by atoms with Crippen LogP contribution < -0.4 is 5.43 Å². The first kappa shape index (κ1) is 22.0. The maximum absolute atomic E-state index is 12.4. The first-order chi connectivity index (χ1) is 13.0. The van der Waals surface area contributed by atoms with Crippen molar-refractivity contribution in [1.29, 1.82) is 0 Å². The molecule has 1 aliphatic carbocycles. The molecule has 3 heteroatoms. The molecule has 1 aromatic heterocycles. The summed E-state index contributed by atoms with van der Waals surface area (Å²) in [6.45, 7) is 5.45. The predicted molar refractivity (Wildman–Crippen MR) is 114 cm³/mol. The smallest absolute Gasteiger partial charge is 0.188 e. The molecule has 2 rings (SSSR count). The molecule has 0 atom stereocenters. The second-order valence-electron chi connectivity index (χ2n) is 8.79. The molecule has 0 amide bonds. The molecule has 1 aromatic rings. The molecule has 154 valence electrons. The summed E-state index contributed by atoms with van der Waals surface area (Å²) in [7, 11) is 0. The number of aromatic nitrogens is 1. The Bertz CT molecular complexity index is 626. The minimum atomic E-state index is 0.119. The van der Waals surface area contributed by atoms with Gasteiger partial charge in [0.2, 0.25) is 0 Å². The fourth-order valence-electron chi connectivity index (χ4n) is 4.66. The topological polar surface area (TPSA) is 42.2 Å². The highest BCUT2D eigenvalue weighted by Crippen LogP contribution is 2.28.